The molecule has 1 fully saturated rings. The molecule has 1 unspecified atom stereocenters. The smallest absolute Gasteiger partial charge is 0.352 e. The van der Waals surface area contributed by atoms with Crippen molar-refractivity contribution in [3.8, 4) is 16.9 Å². The van der Waals surface area contributed by atoms with E-state index in [9.17, 15) is 9.59 Å². The zero-order valence-electron chi connectivity index (χ0n) is 23.8. The average molecular weight is 562 g/mol. The van der Waals surface area contributed by atoms with Crippen molar-refractivity contribution in [3.63, 3.8) is 0 Å². The second-order valence-corrected chi connectivity index (χ2v) is 10.7. The third kappa shape index (κ3) is 5.29. The van der Waals surface area contributed by atoms with Crippen molar-refractivity contribution in [2.45, 2.75) is 53.1 Å². The van der Waals surface area contributed by atoms with Crippen molar-refractivity contribution >= 4 is 22.8 Å². The van der Waals surface area contributed by atoms with E-state index in [4.69, 9.17) is 0 Å². The van der Waals surface area contributed by atoms with E-state index in [-0.39, 0.29) is 41.3 Å². The molecule has 3 aromatic heterocycles. The monoisotopic (exact) mass is 561 g/mol. The summed E-state index contributed by atoms with van der Waals surface area (Å²) in [6.07, 6.45) is 1.68. The van der Waals surface area contributed by atoms with Crippen LogP contribution in [0.3, 0.4) is 0 Å². The molecule has 214 valence electrons. The zero-order chi connectivity index (χ0) is 29.4. The zero-order valence-corrected chi connectivity index (χ0v) is 23.8. The van der Waals surface area contributed by atoms with Gasteiger partial charge in [0.25, 0.3) is 0 Å². The summed E-state index contributed by atoms with van der Waals surface area (Å²) in [5, 5.41) is 6.29. The van der Waals surface area contributed by atoms with E-state index >= 15 is 8.78 Å². The summed E-state index contributed by atoms with van der Waals surface area (Å²) >= 11 is 0. The summed E-state index contributed by atoms with van der Waals surface area (Å²) < 4.78 is 32.8. The fourth-order valence-electron chi connectivity index (χ4n) is 5.34. The first kappa shape index (κ1) is 28.3. The predicted molar refractivity (Wildman–Crippen MR) is 154 cm³/mol. The van der Waals surface area contributed by atoms with Crippen molar-refractivity contribution in [1.82, 2.24) is 30.2 Å². The van der Waals surface area contributed by atoms with Crippen LogP contribution in [0.2, 0.25) is 0 Å². The van der Waals surface area contributed by atoms with Gasteiger partial charge in [0, 0.05) is 50.9 Å². The number of benzene rings is 1. The summed E-state index contributed by atoms with van der Waals surface area (Å²) in [4.78, 5) is 41.2. The van der Waals surface area contributed by atoms with E-state index in [1.54, 1.807) is 18.3 Å². The van der Waals surface area contributed by atoms with Crippen LogP contribution in [0.15, 0.2) is 41.3 Å². The second-order valence-electron chi connectivity index (χ2n) is 10.7. The van der Waals surface area contributed by atoms with Gasteiger partial charge in [0.2, 0.25) is 5.91 Å². The minimum atomic E-state index is -0.769. The summed E-state index contributed by atoms with van der Waals surface area (Å²) in [5.74, 6) is -1.49. The number of nitrogens with one attached hydrogen (secondary N) is 2. The van der Waals surface area contributed by atoms with Gasteiger partial charge in [-0.3, -0.25) is 9.78 Å². The molecule has 0 radical (unpaired) electrons. The van der Waals surface area contributed by atoms with Crippen molar-refractivity contribution in [2.24, 2.45) is 0 Å². The molecular weight excluding hydrogens is 528 g/mol. The summed E-state index contributed by atoms with van der Waals surface area (Å²) in [7, 11) is 0. The normalized spacial score (nSPS) is 15.5. The van der Waals surface area contributed by atoms with E-state index in [1.807, 2.05) is 32.6 Å². The Balaban J connectivity index is 1.88. The summed E-state index contributed by atoms with van der Waals surface area (Å²) in [6, 6.07) is 7.37. The number of halogens is 2. The van der Waals surface area contributed by atoms with E-state index in [1.165, 1.54) is 29.7 Å². The largest absolute Gasteiger partial charge is 0.355 e. The van der Waals surface area contributed by atoms with Gasteiger partial charge < -0.3 is 15.5 Å². The maximum Gasteiger partial charge on any atom is 0.355 e. The van der Waals surface area contributed by atoms with Gasteiger partial charge in [-0.05, 0) is 49.1 Å². The number of rotatable bonds is 6. The van der Waals surface area contributed by atoms with Crippen LogP contribution in [0, 0.1) is 18.6 Å². The quantitative estimate of drug-likeness (QED) is 0.367. The standard InChI is InChI=1S/C30H33F2N7O2/c1-16(2)25-27(17(3)9-10-34-25)39-29-21(28(37-30(39)41)38-12-11-33-14-18(38)4)13-23(32)26(36-29)24-20(15-35-19(5)40)7-6-8-22(24)31/h6-10,13,16,18,33H,11-12,14-15H2,1-5H3,(H,35,40). The Morgan fingerprint density at radius 3 is 2.68 bits per heavy atom. The van der Waals surface area contributed by atoms with Crippen molar-refractivity contribution in [3.05, 3.63) is 75.5 Å². The van der Waals surface area contributed by atoms with E-state index in [2.05, 4.69) is 25.6 Å². The highest BCUT2D eigenvalue weighted by Crippen LogP contribution is 2.34. The molecule has 1 amide bonds. The fraction of sp³-hybridized carbons (Fsp3) is 0.367. The molecule has 41 heavy (non-hydrogen) atoms. The lowest BCUT2D eigenvalue weighted by molar-refractivity contribution is -0.119. The Bertz CT molecular complexity index is 1700. The summed E-state index contributed by atoms with van der Waals surface area (Å²) in [6.45, 7) is 11.0. The Morgan fingerprint density at radius 2 is 1.98 bits per heavy atom. The molecule has 0 saturated carbocycles. The maximum atomic E-state index is 16.1. The van der Waals surface area contributed by atoms with Gasteiger partial charge in [-0.2, -0.15) is 4.98 Å². The predicted octanol–water partition coefficient (Wildman–Crippen LogP) is 3.99. The van der Waals surface area contributed by atoms with E-state index < -0.39 is 17.3 Å². The molecule has 1 aliphatic heterocycles. The Labute approximate surface area is 236 Å². The Hall–Kier alpha value is -4.25. The van der Waals surface area contributed by atoms with Crippen molar-refractivity contribution in [1.29, 1.82) is 0 Å². The van der Waals surface area contributed by atoms with Gasteiger partial charge in [-0.25, -0.2) is 23.1 Å². The van der Waals surface area contributed by atoms with Crippen LogP contribution >= 0.6 is 0 Å². The minimum Gasteiger partial charge on any atom is -0.352 e. The third-order valence-corrected chi connectivity index (χ3v) is 7.36. The number of piperazine rings is 1. The Morgan fingerprint density at radius 1 is 1.20 bits per heavy atom. The average Bonchev–Trinajstić information content (AvgIpc) is 2.92. The summed E-state index contributed by atoms with van der Waals surface area (Å²) in [5.41, 5.74) is 1.50. The number of aromatic nitrogens is 4. The molecule has 1 aromatic carbocycles. The molecule has 4 heterocycles. The number of amides is 1. The lowest BCUT2D eigenvalue weighted by Gasteiger charge is -2.35. The van der Waals surface area contributed by atoms with Crippen molar-refractivity contribution < 1.29 is 13.6 Å². The minimum absolute atomic E-state index is 0.0142. The molecule has 11 heteroatoms. The van der Waals surface area contributed by atoms with Crippen LogP contribution in [0.5, 0.6) is 0 Å². The highest BCUT2D eigenvalue weighted by molar-refractivity contribution is 5.91. The number of fused-ring (bicyclic) bond motifs is 1. The Kier molecular flexibility index (Phi) is 7.81. The molecule has 0 spiro atoms. The van der Waals surface area contributed by atoms with E-state index in [0.717, 1.165) is 5.56 Å². The van der Waals surface area contributed by atoms with Gasteiger partial charge in [0.05, 0.1) is 16.8 Å². The highest BCUT2D eigenvalue weighted by atomic mass is 19.1. The van der Waals surface area contributed by atoms with Crippen LogP contribution in [0.25, 0.3) is 28.0 Å². The molecule has 4 aromatic rings. The number of hydrogen-bond donors (Lipinski definition) is 2. The maximum absolute atomic E-state index is 16.1. The molecule has 0 aliphatic carbocycles. The highest BCUT2D eigenvalue weighted by Gasteiger charge is 2.28. The first-order valence-corrected chi connectivity index (χ1v) is 13.7. The third-order valence-electron chi connectivity index (χ3n) is 7.36. The SMILES string of the molecule is CC(=O)NCc1cccc(F)c1-c1nc2c(cc1F)c(N1CCNCC1C)nc(=O)n2-c1c(C)ccnc1C(C)C. The topological polar surface area (TPSA) is 105 Å². The molecule has 5 rings (SSSR count). The molecule has 1 aliphatic rings. The molecular formula is C30H33F2N7O2. The van der Waals surface area contributed by atoms with Gasteiger partial charge in [0.1, 0.15) is 23.1 Å². The first-order chi connectivity index (χ1) is 19.6. The molecule has 1 saturated heterocycles. The lowest BCUT2D eigenvalue weighted by Crippen LogP contribution is -2.50. The lowest BCUT2D eigenvalue weighted by atomic mass is 10.0. The van der Waals surface area contributed by atoms with Crippen LogP contribution in [-0.2, 0) is 11.3 Å². The van der Waals surface area contributed by atoms with Crippen LogP contribution in [0.4, 0.5) is 14.6 Å². The molecule has 1 atom stereocenters. The van der Waals surface area contributed by atoms with Gasteiger partial charge in [-0.15, -0.1) is 0 Å². The number of carbonyl (C=O) groups excluding carboxylic acids is 1. The number of carbonyl (C=O) groups is 1. The number of anilines is 1. The van der Waals surface area contributed by atoms with Crippen molar-refractivity contribution in [2.75, 3.05) is 24.5 Å². The van der Waals surface area contributed by atoms with Gasteiger partial charge >= 0.3 is 5.69 Å². The molecule has 2 N–H and O–H groups in total. The number of aryl methyl sites for hydroxylation is 1. The number of pyridine rings is 2. The first-order valence-electron chi connectivity index (χ1n) is 13.7. The van der Waals surface area contributed by atoms with E-state index in [0.29, 0.717) is 47.8 Å². The van der Waals surface area contributed by atoms with Crippen LogP contribution in [0.1, 0.15) is 50.4 Å². The van der Waals surface area contributed by atoms with Gasteiger partial charge in [0.15, 0.2) is 5.65 Å². The van der Waals surface area contributed by atoms with Crippen LogP contribution < -0.4 is 21.2 Å². The number of nitrogens with zero attached hydrogens (tertiary/aromatic N) is 5. The molecule has 0 bridgehead atoms. The second kappa shape index (κ2) is 11.3. The fourth-order valence-corrected chi connectivity index (χ4v) is 5.34. The molecule has 9 nitrogen and oxygen atoms in total. The van der Waals surface area contributed by atoms with Gasteiger partial charge in [-0.1, -0.05) is 26.0 Å². The number of hydrogen-bond acceptors (Lipinski definition) is 7. The van der Waals surface area contributed by atoms with Crippen LogP contribution in [-0.4, -0.2) is 51.1 Å².